The van der Waals surface area contributed by atoms with E-state index in [0.717, 1.165) is 31.1 Å². The minimum absolute atomic E-state index is 0.0696. The SMILES string of the molecule is CCCCc1ccc(NC(=O)[C@H]2CN(S(C)(=O)=O)c3cc(C(C)(C)C)ccc3O2)cc1. The molecular weight excluding hydrogens is 412 g/mol. The molecule has 0 aromatic heterocycles. The number of hydrogen-bond donors (Lipinski definition) is 1. The summed E-state index contributed by atoms with van der Waals surface area (Å²) < 4.78 is 32.2. The highest BCUT2D eigenvalue weighted by Crippen LogP contribution is 2.38. The summed E-state index contributed by atoms with van der Waals surface area (Å²) in [6, 6.07) is 13.2. The molecule has 7 heteroatoms. The van der Waals surface area contributed by atoms with E-state index in [2.05, 4.69) is 33.0 Å². The number of benzene rings is 2. The van der Waals surface area contributed by atoms with E-state index in [0.29, 0.717) is 17.1 Å². The van der Waals surface area contributed by atoms with Gasteiger partial charge >= 0.3 is 0 Å². The van der Waals surface area contributed by atoms with Gasteiger partial charge in [0, 0.05) is 5.69 Å². The number of hydrogen-bond acceptors (Lipinski definition) is 4. The van der Waals surface area contributed by atoms with Gasteiger partial charge in [-0.1, -0.05) is 52.3 Å². The predicted molar refractivity (Wildman–Crippen MR) is 125 cm³/mol. The Morgan fingerprint density at radius 3 is 2.42 bits per heavy atom. The van der Waals surface area contributed by atoms with Crippen LogP contribution in [-0.4, -0.2) is 33.2 Å². The lowest BCUT2D eigenvalue weighted by atomic mass is 9.86. The zero-order valence-corrected chi connectivity index (χ0v) is 19.8. The van der Waals surface area contributed by atoms with Crippen LogP contribution in [0.1, 0.15) is 51.7 Å². The molecule has 1 atom stereocenters. The van der Waals surface area contributed by atoms with Gasteiger partial charge in [-0.2, -0.15) is 0 Å². The topological polar surface area (TPSA) is 75.7 Å². The Morgan fingerprint density at radius 2 is 1.84 bits per heavy atom. The molecule has 0 saturated heterocycles. The van der Waals surface area contributed by atoms with E-state index in [-0.39, 0.29) is 17.9 Å². The number of nitrogens with one attached hydrogen (secondary N) is 1. The van der Waals surface area contributed by atoms with Crippen molar-refractivity contribution in [1.82, 2.24) is 0 Å². The van der Waals surface area contributed by atoms with Gasteiger partial charge < -0.3 is 10.1 Å². The minimum Gasteiger partial charge on any atom is -0.476 e. The second kappa shape index (κ2) is 8.91. The molecule has 0 bridgehead atoms. The lowest BCUT2D eigenvalue weighted by molar-refractivity contribution is -0.122. The molecule has 1 amide bonds. The number of amides is 1. The van der Waals surface area contributed by atoms with Gasteiger partial charge in [-0.25, -0.2) is 8.42 Å². The van der Waals surface area contributed by atoms with Crippen molar-refractivity contribution in [1.29, 1.82) is 0 Å². The Morgan fingerprint density at radius 1 is 1.16 bits per heavy atom. The van der Waals surface area contributed by atoms with Crippen molar-refractivity contribution >= 4 is 27.3 Å². The van der Waals surface area contributed by atoms with Crippen molar-refractivity contribution in [3.8, 4) is 5.75 Å². The monoisotopic (exact) mass is 444 g/mol. The molecule has 31 heavy (non-hydrogen) atoms. The third-order valence-electron chi connectivity index (χ3n) is 5.43. The highest BCUT2D eigenvalue weighted by Gasteiger charge is 2.35. The fraction of sp³-hybridized carbons (Fsp3) is 0.458. The molecule has 1 heterocycles. The summed E-state index contributed by atoms with van der Waals surface area (Å²) in [5, 5.41) is 2.85. The zero-order valence-electron chi connectivity index (χ0n) is 18.9. The van der Waals surface area contributed by atoms with Crippen molar-refractivity contribution in [2.45, 2.75) is 58.5 Å². The average Bonchev–Trinajstić information content (AvgIpc) is 2.70. The number of carbonyl (C=O) groups is 1. The molecule has 3 rings (SSSR count). The number of aryl methyl sites for hydroxylation is 1. The highest BCUT2D eigenvalue weighted by molar-refractivity contribution is 7.92. The van der Waals surface area contributed by atoms with E-state index in [4.69, 9.17) is 4.74 Å². The Hall–Kier alpha value is -2.54. The Labute approximate surface area is 185 Å². The van der Waals surface area contributed by atoms with Crippen LogP contribution in [0.25, 0.3) is 0 Å². The Bertz CT molecular complexity index is 1040. The highest BCUT2D eigenvalue weighted by atomic mass is 32.2. The smallest absolute Gasteiger partial charge is 0.267 e. The number of anilines is 2. The third kappa shape index (κ3) is 5.58. The predicted octanol–water partition coefficient (Wildman–Crippen LogP) is 4.49. The van der Waals surface area contributed by atoms with Crippen LogP contribution in [0.2, 0.25) is 0 Å². The van der Waals surface area contributed by atoms with Crippen LogP contribution in [0, 0.1) is 0 Å². The van der Waals surface area contributed by atoms with Crippen LogP contribution in [0.5, 0.6) is 5.75 Å². The molecule has 0 aliphatic carbocycles. The first-order valence-electron chi connectivity index (χ1n) is 10.7. The van der Waals surface area contributed by atoms with Crippen LogP contribution in [0.4, 0.5) is 11.4 Å². The molecule has 1 N–H and O–H groups in total. The standard InChI is InChI=1S/C24H32N2O4S/c1-6-7-8-17-9-12-19(13-10-17)25-23(27)22-16-26(31(5,28)29)20-15-18(24(2,3)4)11-14-21(20)30-22/h9-15,22H,6-8,16H2,1-5H3,(H,25,27)/t22-/m1/s1. The first kappa shape index (κ1) is 23.1. The molecule has 0 saturated carbocycles. The van der Waals surface area contributed by atoms with Gasteiger partial charge in [0.2, 0.25) is 10.0 Å². The van der Waals surface area contributed by atoms with Crippen molar-refractivity contribution in [3.63, 3.8) is 0 Å². The second-order valence-corrected chi connectivity index (χ2v) is 11.0. The van der Waals surface area contributed by atoms with E-state index in [9.17, 15) is 13.2 Å². The van der Waals surface area contributed by atoms with E-state index < -0.39 is 16.1 Å². The number of ether oxygens (including phenoxy) is 1. The fourth-order valence-corrected chi connectivity index (χ4v) is 4.43. The molecule has 0 spiro atoms. The summed E-state index contributed by atoms with van der Waals surface area (Å²) in [7, 11) is -3.58. The van der Waals surface area contributed by atoms with E-state index >= 15 is 0 Å². The van der Waals surface area contributed by atoms with Crippen molar-refractivity contribution < 1.29 is 17.9 Å². The summed E-state index contributed by atoms with van der Waals surface area (Å²) >= 11 is 0. The normalized spacial score (nSPS) is 16.4. The van der Waals surface area contributed by atoms with Crippen LogP contribution in [0.3, 0.4) is 0 Å². The molecule has 168 valence electrons. The minimum atomic E-state index is -3.58. The summed E-state index contributed by atoms with van der Waals surface area (Å²) in [5.74, 6) is 0.0141. The second-order valence-electron chi connectivity index (χ2n) is 9.12. The van der Waals surface area contributed by atoms with Crippen LogP contribution in [0.15, 0.2) is 42.5 Å². The lowest BCUT2D eigenvalue weighted by Crippen LogP contribution is -2.48. The van der Waals surface area contributed by atoms with Gasteiger partial charge in [0.15, 0.2) is 6.10 Å². The largest absolute Gasteiger partial charge is 0.476 e. The van der Waals surface area contributed by atoms with Gasteiger partial charge in [0.05, 0.1) is 18.5 Å². The van der Waals surface area contributed by atoms with E-state index in [1.165, 1.54) is 9.87 Å². The maximum atomic E-state index is 12.9. The summed E-state index contributed by atoms with van der Waals surface area (Å²) in [5.41, 5.74) is 3.21. The van der Waals surface area contributed by atoms with Crippen molar-refractivity contribution in [2.24, 2.45) is 0 Å². The molecule has 2 aromatic carbocycles. The first-order valence-corrected chi connectivity index (χ1v) is 12.5. The van der Waals surface area contributed by atoms with E-state index in [1.807, 2.05) is 36.4 Å². The zero-order chi connectivity index (χ0) is 22.8. The molecule has 0 unspecified atom stereocenters. The van der Waals surface area contributed by atoms with Crippen LogP contribution in [-0.2, 0) is 26.7 Å². The van der Waals surface area contributed by atoms with Crippen molar-refractivity contribution in [2.75, 3.05) is 22.4 Å². The maximum Gasteiger partial charge on any atom is 0.267 e. The molecule has 1 aliphatic heterocycles. The number of unbranched alkanes of at least 4 members (excludes halogenated alkanes) is 1. The maximum absolute atomic E-state index is 12.9. The first-order chi connectivity index (χ1) is 14.5. The Kier molecular flexibility index (Phi) is 6.65. The van der Waals surface area contributed by atoms with Gasteiger partial charge in [0.1, 0.15) is 5.75 Å². The molecule has 0 fully saturated rings. The van der Waals surface area contributed by atoms with Crippen LogP contribution < -0.4 is 14.4 Å². The molecule has 2 aromatic rings. The molecular formula is C24H32N2O4S. The third-order valence-corrected chi connectivity index (χ3v) is 6.57. The van der Waals surface area contributed by atoms with Crippen molar-refractivity contribution in [3.05, 3.63) is 53.6 Å². The number of carbonyl (C=O) groups excluding carboxylic acids is 1. The summed E-state index contributed by atoms with van der Waals surface area (Å²) in [6.07, 6.45) is 3.47. The number of nitrogens with zero attached hydrogens (tertiary/aromatic N) is 1. The van der Waals surface area contributed by atoms with Crippen LogP contribution >= 0.6 is 0 Å². The van der Waals surface area contributed by atoms with Gasteiger partial charge in [-0.3, -0.25) is 9.10 Å². The van der Waals surface area contributed by atoms with Gasteiger partial charge in [0.25, 0.3) is 5.91 Å². The number of rotatable bonds is 6. The number of fused-ring (bicyclic) bond motifs is 1. The summed E-state index contributed by atoms with van der Waals surface area (Å²) in [6.45, 7) is 8.27. The summed E-state index contributed by atoms with van der Waals surface area (Å²) in [4.78, 5) is 12.9. The quantitative estimate of drug-likeness (QED) is 0.712. The average molecular weight is 445 g/mol. The molecule has 0 radical (unpaired) electrons. The molecule has 1 aliphatic rings. The molecule has 6 nitrogen and oxygen atoms in total. The fourth-order valence-electron chi connectivity index (χ4n) is 3.53. The lowest BCUT2D eigenvalue weighted by Gasteiger charge is -2.35. The van der Waals surface area contributed by atoms with E-state index in [1.54, 1.807) is 6.07 Å². The number of sulfonamides is 1. The Balaban J connectivity index is 1.81. The van der Waals surface area contributed by atoms with Gasteiger partial charge in [-0.05, 0) is 53.6 Å². The van der Waals surface area contributed by atoms with Gasteiger partial charge in [-0.15, -0.1) is 0 Å².